The molecule has 5 heteroatoms. The van der Waals surface area contributed by atoms with E-state index in [1.807, 2.05) is 0 Å². The lowest BCUT2D eigenvalue weighted by molar-refractivity contribution is 0.347. The lowest BCUT2D eigenvalue weighted by Crippen LogP contribution is -2.00. The predicted molar refractivity (Wildman–Crippen MR) is 64.3 cm³/mol. The molecule has 0 bridgehead atoms. The van der Waals surface area contributed by atoms with Gasteiger partial charge in [0.25, 0.3) is 0 Å². The lowest BCUT2D eigenvalue weighted by Gasteiger charge is -2.11. The summed E-state index contributed by atoms with van der Waals surface area (Å²) in [4.78, 5) is 0. The van der Waals surface area contributed by atoms with Gasteiger partial charge in [-0.25, -0.2) is 4.39 Å². The van der Waals surface area contributed by atoms with Crippen molar-refractivity contribution in [3.05, 3.63) is 21.9 Å². The molecular formula is C11H15BrFNO2. The van der Waals surface area contributed by atoms with Crippen molar-refractivity contribution in [1.29, 1.82) is 0 Å². The number of rotatable bonds is 5. The van der Waals surface area contributed by atoms with E-state index in [9.17, 15) is 9.50 Å². The highest BCUT2D eigenvalue weighted by Crippen LogP contribution is 2.37. The van der Waals surface area contributed by atoms with Gasteiger partial charge in [-0.3, -0.25) is 0 Å². The number of benzene rings is 1. The zero-order valence-corrected chi connectivity index (χ0v) is 10.7. The van der Waals surface area contributed by atoms with Gasteiger partial charge in [-0.15, -0.1) is 0 Å². The van der Waals surface area contributed by atoms with Gasteiger partial charge in [0.2, 0.25) is 0 Å². The molecule has 1 aromatic carbocycles. The lowest BCUT2D eigenvalue weighted by atomic mass is 10.1. The number of phenols is 1. The first-order chi connectivity index (χ1) is 7.61. The first-order valence-electron chi connectivity index (χ1n) is 5.05. The fraction of sp³-hybridized carbons (Fsp3) is 0.455. The van der Waals surface area contributed by atoms with Crippen LogP contribution >= 0.6 is 15.9 Å². The summed E-state index contributed by atoms with van der Waals surface area (Å²) in [6.45, 7) is 0.611. The summed E-state index contributed by atoms with van der Waals surface area (Å²) in [6, 6.07) is 1.57. The van der Waals surface area contributed by atoms with E-state index in [-0.39, 0.29) is 11.5 Å². The Balaban J connectivity index is 2.96. The Morgan fingerprint density at radius 2 is 2.19 bits per heavy atom. The second-order valence-corrected chi connectivity index (χ2v) is 4.31. The molecule has 1 rings (SSSR count). The zero-order valence-electron chi connectivity index (χ0n) is 9.09. The normalized spacial score (nSPS) is 10.5. The van der Waals surface area contributed by atoms with Crippen LogP contribution in [0.4, 0.5) is 4.39 Å². The maximum atomic E-state index is 13.5. The molecule has 0 aliphatic heterocycles. The molecule has 3 nitrogen and oxygen atoms in total. The van der Waals surface area contributed by atoms with Gasteiger partial charge in [-0.05, 0) is 53.4 Å². The number of ether oxygens (including phenoxy) is 1. The molecule has 0 radical (unpaired) electrons. The van der Waals surface area contributed by atoms with Crippen LogP contribution < -0.4 is 10.5 Å². The van der Waals surface area contributed by atoms with Crippen LogP contribution in [-0.2, 0) is 6.42 Å². The Kier molecular flexibility index (Phi) is 5.02. The Labute approximate surface area is 103 Å². The summed E-state index contributed by atoms with van der Waals surface area (Å²) in [5, 5.41) is 9.78. The number of phenolic OH excluding ortho intramolecular Hbond substituents is 1. The second-order valence-electron chi connectivity index (χ2n) is 3.46. The molecular weight excluding hydrogens is 277 g/mol. The van der Waals surface area contributed by atoms with Crippen LogP contribution in [0.15, 0.2) is 10.5 Å². The molecule has 0 aromatic heterocycles. The Hall–Kier alpha value is -0.810. The molecule has 3 N–H and O–H groups in total. The van der Waals surface area contributed by atoms with Gasteiger partial charge in [0.1, 0.15) is 0 Å². The van der Waals surface area contributed by atoms with Gasteiger partial charge >= 0.3 is 0 Å². The van der Waals surface area contributed by atoms with Gasteiger partial charge < -0.3 is 15.6 Å². The summed E-state index contributed by atoms with van der Waals surface area (Å²) in [5.74, 6) is -0.820. The van der Waals surface area contributed by atoms with Crippen LogP contribution in [-0.4, -0.2) is 18.8 Å². The molecule has 16 heavy (non-hydrogen) atoms. The van der Waals surface area contributed by atoms with Crippen LogP contribution in [0.3, 0.4) is 0 Å². The first kappa shape index (κ1) is 13.3. The van der Waals surface area contributed by atoms with Crippen molar-refractivity contribution in [3.8, 4) is 11.5 Å². The molecule has 0 saturated carbocycles. The smallest absolute Gasteiger partial charge is 0.198 e. The van der Waals surface area contributed by atoms with E-state index in [4.69, 9.17) is 10.5 Å². The number of nitrogens with two attached hydrogens (primary N) is 1. The Morgan fingerprint density at radius 1 is 1.50 bits per heavy atom. The van der Waals surface area contributed by atoms with Crippen LogP contribution in [0.25, 0.3) is 0 Å². The minimum Gasteiger partial charge on any atom is -0.504 e. The fourth-order valence-corrected chi connectivity index (χ4v) is 1.94. The van der Waals surface area contributed by atoms with Gasteiger partial charge in [0.15, 0.2) is 17.3 Å². The van der Waals surface area contributed by atoms with Crippen molar-refractivity contribution in [3.63, 3.8) is 0 Å². The van der Waals surface area contributed by atoms with Crippen LogP contribution in [0.2, 0.25) is 0 Å². The third-order valence-corrected chi connectivity index (χ3v) is 2.91. The largest absolute Gasteiger partial charge is 0.504 e. The second kappa shape index (κ2) is 6.06. The van der Waals surface area contributed by atoms with Crippen molar-refractivity contribution in [2.75, 3.05) is 13.7 Å². The molecule has 0 spiro atoms. The molecule has 0 aliphatic rings. The van der Waals surface area contributed by atoms with Gasteiger partial charge in [0.05, 0.1) is 11.6 Å². The zero-order chi connectivity index (χ0) is 12.1. The molecule has 0 aliphatic carbocycles. The van der Waals surface area contributed by atoms with E-state index < -0.39 is 5.82 Å². The van der Waals surface area contributed by atoms with E-state index in [0.29, 0.717) is 23.0 Å². The minimum absolute atomic E-state index is 0.114. The standard InChI is InChI=1S/C11H15BrFNO2/c1-16-11-9(13)8(12)6-7(10(11)15)4-2-3-5-14/h6,15H,2-5,14H2,1H3. The molecule has 0 amide bonds. The van der Waals surface area contributed by atoms with E-state index in [1.165, 1.54) is 7.11 Å². The number of unbranched alkanes of at least 4 members (excludes halogenated alkanes) is 1. The third-order valence-electron chi connectivity index (χ3n) is 2.33. The molecule has 0 atom stereocenters. The SMILES string of the molecule is COc1c(O)c(CCCCN)cc(Br)c1F. The maximum Gasteiger partial charge on any atom is 0.198 e. The number of halogens is 2. The predicted octanol–water partition coefficient (Wildman–Crippen LogP) is 2.58. The van der Waals surface area contributed by atoms with Crippen molar-refractivity contribution in [2.24, 2.45) is 5.73 Å². The summed E-state index contributed by atoms with van der Waals surface area (Å²) in [6.07, 6.45) is 2.38. The molecule has 0 heterocycles. The van der Waals surface area contributed by atoms with Crippen molar-refractivity contribution in [2.45, 2.75) is 19.3 Å². The van der Waals surface area contributed by atoms with Gasteiger partial charge in [0, 0.05) is 0 Å². The van der Waals surface area contributed by atoms with E-state index in [0.717, 1.165) is 12.8 Å². The van der Waals surface area contributed by atoms with Crippen LogP contribution in [0.1, 0.15) is 18.4 Å². The highest BCUT2D eigenvalue weighted by atomic mass is 79.9. The van der Waals surface area contributed by atoms with E-state index in [1.54, 1.807) is 6.07 Å². The molecule has 0 unspecified atom stereocenters. The van der Waals surface area contributed by atoms with Gasteiger partial charge in [-0.2, -0.15) is 0 Å². The Bertz CT molecular complexity index is 371. The highest BCUT2D eigenvalue weighted by molar-refractivity contribution is 9.10. The quantitative estimate of drug-likeness (QED) is 0.820. The molecule has 90 valence electrons. The number of methoxy groups -OCH3 is 1. The van der Waals surface area contributed by atoms with Crippen molar-refractivity contribution >= 4 is 15.9 Å². The van der Waals surface area contributed by atoms with E-state index >= 15 is 0 Å². The summed E-state index contributed by atoms with van der Waals surface area (Å²) in [5.41, 5.74) is 6.05. The molecule has 0 fully saturated rings. The Morgan fingerprint density at radius 3 is 2.75 bits per heavy atom. The maximum absolute atomic E-state index is 13.5. The minimum atomic E-state index is -0.581. The highest BCUT2D eigenvalue weighted by Gasteiger charge is 2.16. The first-order valence-corrected chi connectivity index (χ1v) is 5.85. The van der Waals surface area contributed by atoms with Crippen molar-refractivity contribution < 1.29 is 14.2 Å². The van der Waals surface area contributed by atoms with Gasteiger partial charge in [-0.1, -0.05) is 0 Å². The topological polar surface area (TPSA) is 55.5 Å². The average molecular weight is 292 g/mol. The molecule has 0 saturated heterocycles. The third kappa shape index (κ3) is 2.86. The number of aromatic hydroxyl groups is 1. The average Bonchev–Trinajstić information content (AvgIpc) is 2.26. The fourth-order valence-electron chi connectivity index (χ4n) is 1.48. The van der Waals surface area contributed by atoms with Crippen molar-refractivity contribution in [1.82, 2.24) is 0 Å². The number of hydrogen-bond acceptors (Lipinski definition) is 3. The van der Waals surface area contributed by atoms with Crippen LogP contribution in [0, 0.1) is 5.82 Å². The number of aryl methyl sites for hydroxylation is 1. The summed E-state index contributed by atoms with van der Waals surface area (Å²) >= 11 is 3.09. The summed E-state index contributed by atoms with van der Waals surface area (Å²) < 4.78 is 18.6. The number of hydrogen-bond donors (Lipinski definition) is 2. The monoisotopic (exact) mass is 291 g/mol. The van der Waals surface area contributed by atoms with E-state index in [2.05, 4.69) is 15.9 Å². The molecule has 1 aromatic rings. The summed E-state index contributed by atoms with van der Waals surface area (Å²) in [7, 11) is 1.33. The van der Waals surface area contributed by atoms with Crippen LogP contribution in [0.5, 0.6) is 11.5 Å².